The van der Waals surface area contributed by atoms with Gasteiger partial charge in [0.25, 0.3) is 0 Å². The first-order valence-corrected chi connectivity index (χ1v) is 16.8. The van der Waals surface area contributed by atoms with Crippen LogP contribution in [0.5, 0.6) is 5.75 Å². The van der Waals surface area contributed by atoms with Crippen molar-refractivity contribution >= 4 is 28.9 Å². The molecule has 2 aromatic rings. The maximum absolute atomic E-state index is 13.2. The van der Waals surface area contributed by atoms with Crippen LogP contribution in [0.15, 0.2) is 59.4 Å². The molecule has 250 valence electrons. The van der Waals surface area contributed by atoms with Gasteiger partial charge in [-0.25, -0.2) is 9.00 Å². The molecular weight excluding hydrogens is 608 g/mol. The Kier molecular flexibility index (Phi) is 11.8. The first-order chi connectivity index (χ1) is 21.8. The molecule has 0 spiro atoms. The third-order valence-electron chi connectivity index (χ3n) is 7.83. The summed E-state index contributed by atoms with van der Waals surface area (Å²) in [4.78, 5) is 19.6. The quantitative estimate of drug-likeness (QED) is 0.165. The number of nitrogens with one attached hydrogen (secondary N) is 4. The van der Waals surface area contributed by atoms with Crippen molar-refractivity contribution in [3.8, 4) is 5.75 Å². The van der Waals surface area contributed by atoms with Gasteiger partial charge in [-0.2, -0.15) is 0 Å². The van der Waals surface area contributed by atoms with Gasteiger partial charge in [-0.1, -0.05) is 45.0 Å². The van der Waals surface area contributed by atoms with Gasteiger partial charge in [0.05, 0.1) is 44.6 Å². The molecule has 1 saturated heterocycles. The lowest BCUT2D eigenvalue weighted by Crippen LogP contribution is -2.51. The van der Waals surface area contributed by atoms with Gasteiger partial charge in [0.1, 0.15) is 23.2 Å². The van der Waals surface area contributed by atoms with E-state index in [4.69, 9.17) is 30.2 Å². The number of allylic oxidation sites excluding steroid dienone is 1. The number of nitrogens with two attached hydrogens (primary N) is 1. The maximum Gasteiger partial charge on any atom is 0.320 e. The van der Waals surface area contributed by atoms with Gasteiger partial charge < -0.3 is 25.4 Å². The summed E-state index contributed by atoms with van der Waals surface area (Å²) in [5, 5.41) is 23.1. The van der Waals surface area contributed by atoms with E-state index in [1.165, 1.54) is 10.8 Å². The van der Waals surface area contributed by atoms with Crippen LogP contribution in [0.25, 0.3) is 0 Å². The summed E-state index contributed by atoms with van der Waals surface area (Å²) in [7, 11) is 0. The molecule has 4 rings (SSSR count). The molecule has 1 aliphatic carbocycles. The van der Waals surface area contributed by atoms with Crippen LogP contribution >= 0.6 is 0 Å². The number of nitrogens with zero attached hydrogens (tertiary/aromatic N) is 3. The average Bonchev–Trinajstić information content (AvgIpc) is 3.00. The van der Waals surface area contributed by atoms with Gasteiger partial charge in [0.15, 0.2) is 11.1 Å². The van der Waals surface area contributed by atoms with E-state index in [1.807, 2.05) is 56.9 Å². The SMILES string of the molecule is C[C@H]1COCCN1C(=N)n1cc(OC2CCC(NC(=O)NC(/C=C(\N)C(C)(C)C)=NCCOS(C)=O)c3ccccc32)ccc1=N. The van der Waals surface area contributed by atoms with E-state index in [-0.39, 0.29) is 54.0 Å². The van der Waals surface area contributed by atoms with E-state index >= 15 is 0 Å². The van der Waals surface area contributed by atoms with Crippen LogP contribution in [0, 0.1) is 16.2 Å². The van der Waals surface area contributed by atoms with Crippen LogP contribution in [0.4, 0.5) is 4.79 Å². The van der Waals surface area contributed by atoms with Gasteiger partial charge in [-0.15, -0.1) is 0 Å². The lowest BCUT2D eigenvalue weighted by atomic mass is 9.85. The molecule has 1 fully saturated rings. The highest BCUT2D eigenvalue weighted by Crippen LogP contribution is 2.38. The van der Waals surface area contributed by atoms with Crippen molar-refractivity contribution in [2.45, 2.75) is 58.7 Å². The van der Waals surface area contributed by atoms with Crippen molar-refractivity contribution in [1.29, 1.82) is 10.8 Å². The molecule has 4 atom stereocenters. The van der Waals surface area contributed by atoms with Gasteiger partial charge in [0, 0.05) is 23.9 Å². The molecule has 46 heavy (non-hydrogen) atoms. The largest absolute Gasteiger partial charge is 0.484 e. The molecule has 2 heterocycles. The Hall–Kier alpha value is -4.01. The minimum atomic E-state index is -1.41. The summed E-state index contributed by atoms with van der Waals surface area (Å²) in [5.41, 5.74) is 8.56. The smallest absolute Gasteiger partial charge is 0.320 e. The lowest BCUT2D eigenvalue weighted by Gasteiger charge is -2.35. The number of ether oxygens (including phenoxy) is 2. The van der Waals surface area contributed by atoms with Crippen LogP contribution in [-0.4, -0.2) is 76.7 Å². The Morgan fingerprint density at radius 1 is 1.22 bits per heavy atom. The predicted molar refractivity (Wildman–Crippen MR) is 178 cm³/mol. The van der Waals surface area contributed by atoms with Crippen LogP contribution in [0.2, 0.25) is 0 Å². The summed E-state index contributed by atoms with van der Waals surface area (Å²) in [6.45, 7) is 9.88. The highest BCUT2D eigenvalue weighted by molar-refractivity contribution is 7.79. The third kappa shape index (κ3) is 9.27. The van der Waals surface area contributed by atoms with Crippen LogP contribution in [-0.2, 0) is 20.0 Å². The fourth-order valence-corrected chi connectivity index (χ4v) is 5.52. The number of rotatable bonds is 8. The molecule has 14 heteroatoms. The van der Waals surface area contributed by atoms with E-state index in [2.05, 4.69) is 15.6 Å². The Bertz CT molecular complexity index is 1550. The van der Waals surface area contributed by atoms with E-state index < -0.39 is 17.1 Å². The number of aromatic nitrogens is 1. The van der Waals surface area contributed by atoms with Crippen LogP contribution < -0.4 is 26.6 Å². The number of hydrogen-bond acceptors (Lipinski definition) is 9. The standard InChI is InChI=1S/C32H46N8O5S/c1-21-20-43-17-15-39(21)30(35)40-19-22(10-13-28(40)34)45-26-12-11-25(23-8-6-7-9-24(23)26)37-31(41)38-29(18-27(33)32(2,3)4)36-14-16-44-46(5)42/h6-10,13,18-19,21,25-26,34-35H,11-12,14-17,20,33H2,1-5H3,(H2,36,37,38,41)/b27-18-,34-28?,35-30?/t21-,25?,26?,46?/m0/s1. The zero-order valence-corrected chi connectivity index (χ0v) is 28.0. The molecule has 0 bridgehead atoms. The Morgan fingerprint density at radius 3 is 2.65 bits per heavy atom. The zero-order chi connectivity index (χ0) is 33.4. The summed E-state index contributed by atoms with van der Waals surface area (Å²) >= 11 is -1.41. The van der Waals surface area contributed by atoms with Crippen molar-refractivity contribution in [3.63, 3.8) is 0 Å². The number of pyridine rings is 1. The van der Waals surface area contributed by atoms with E-state index in [1.54, 1.807) is 24.4 Å². The lowest BCUT2D eigenvalue weighted by molar-refractivity contribution is 0.0312. The third-order valence-corrected chi connectivity index (χ3v) is 8.33. The van der Waals surface area contributed by atoms with Crippen molar-refractivity contribution in [2.24, 2.45) is 16.1 Å². The average molecular weight is 655 g/mol. The summed E-state index contributed by atoms with van der Waals surface area (Å²) < 4.78 is 29.8. The number of urea groups is 1. The van der Waals surface area contributed by atoms with Crippen molar-refractivity contribution in [2.75, 3.05) is 39.2 Å². The first kappa shape index (κ1) is 34.9. The van der Waals surface area contributed by atoms with Gasteiger partial charge >= 0.3 is 6.03 Å². The summed E-state index contributed by atoms with van der Waals surface area (Å²) in [6, 6.07) is 10.5. The Balaban J connectivity index is 1.47. The number of amides is 2. The van der Waals surface area contributed by atoms with Crippen molar-refractivity contribution < 1.29 is 22.7 Å². The number of carbonyl (C=O) groups excluding carboxylic acids is 1. The molecule has 3 unspecified atom stereocenters. The number of morpholine rings is 1. The Labute approximate surface area is 272 Å². The predicted octanol–water partition coefficient (Wildman–Crippen LogP) is 3.32. The van der Waals surface area contributed by atoms with Gasteiger partial charge in [-0.3, -0.25) is 29.9 Å². The molecule has 1 aromatic carbocycles. The number of fused-ring (bicyclic) bond motifs is 1. The van der Waals surface area contributed by atoms with Crippen LogP contribution in [0.3, 0.4) is 0 Å². The van der Waals surface area contributed by atoms with Gasteiger partial charge in [0.2, 0.25) is 5.96 Å². The molecule has 13 nitrogen and oxygen atoms in total. The minimum absolute atomic E-state index is 0.0285. The normalized spacial score (nSPS) is 21.2. The summed E-state index contributed by atoms with van der Waals surface area (Å²) in [5.74, 6) is 1.04. The monoisotopic (exact) mass is 654 g/mol. The van der Waals surface area contributed by atoms with Gasteiger partial charge in [-0.05, 0) is 49.1 Å². The molecule has 0 saturated carbocycles. The highest BCUT2D eigenvalue weighted by atomic mass is 32.2. The summed E-state index contributed by atoms with van der Waals surface area (Å²) in [6.07, 6.45) is 5.73. The number of benzene rings is 1. The van der Waals surface area contributed by atoms with E-state index in [9.17, 15) is 9.00 Å². The maximum atomic E-state index is 13.2. The van der Waals surface area contributed by atoms with Crippen molar-refractivity contribution in [1.82, 2.24) is 20.1 Å². The minimum Gasteiger partial charge on any atom is -0.484 e. The molecular formula is C32H46N8O5S. The highest BCUT2D eigenvalue weighted by Gasteiger charge is 2.30. The molecule has 6 N–H and O–H groups in total. The number of amidine groups is 1. The second-order valence-corrected chi connectivity index (χ2v) is 13.4. The fourth-order valence-electron chi connectivity index (χ4n) is 5.21. The fraction of sp³-hybridized carbons (Fsp3) is 0.500. The second kappa shape index (κ2) is 15.5. The van der Waals surface area contributed by atoms with E-state index in [0.717, 1.165) is 11.1 Å². The Morgan fingerprint density at radius 2 is 1.96 bits per heavy atom. The number of hydrogen-bond donors (Lipinski definition) is 5. The second-order valence-electron chi connectivity index (χ2n) is 12.4. The molecule has 0 radical (unpaired) electrons. The zero-order valence-electron chi connectivity index (χ0n) is 27.2. The molecule has 1 aromatic heterocycles. The number of aliphatic imine (C=N–C) groups is 1. The molecule has 2 aliphatic rings. The van der Waals surface area contributed by atoms with E-state index in [0.29, 0.717) is 44.0 Å². The van der Waals surface area contributed by atoms with Crippen LogP contribution in [0.1, 0.15) is 63.8 Å². The first-order valence-electron chi connectivity index (χ1n) is 15.4. The number of carbonyl (C=O) groups is 1. The topological polar surface area (TPSA) is 180 Å². The van der Waals surface area contributed by atoms with Crippen molar-refractivity contribution in [3.05, 3.63) is 71.0 Å². The molecule has 1 aliphatic heterocycles. The molecule has 2 amide bonds.